The third-order valence-electron chi connectivity index (χ3n) is 2.11. The van der Waals surface area contributed by atoms with Crippen LogP contribution in [0.25, 0.3) is 0 Å². The summed E-state index contributed by atoms with van der Waals surface area (Å²) < 4.78 is 1.58. The molecule has 6 heteroatoms. The lowest BCUT2D eigenvalue weighted by Gasteiger charge is -2.16. The first-order valence-corrected chi connectivity index (χ1v) is 4.82. The molecule has 1 unspecified atom stereocenters. The average molecular weight is 211 g/mol. The summed E-state index contributed by atoms with van der Waals surface area (Å²) in [5, 5.41) is 10.8. The SMILES string of the molecule is CNCc1cn(C(C)C(=O)N(C)C)nn1. The number of carbonyl (C=O) groups excluding carboxylic acids is 1. The smallest absolute Gasteiger partial charge is 0.246 e. The Hall–Kier alpha value is -1.43. The van der Waals surface area contributed by atoms with Crippen molar-refractivity contribution in [3.05, 3.63) is 11.9 Å². The van der Waals surface area contributed by atoms with Crippen LogP contribution >= 0.6 is 0 Å². The Morgan fingerprint density at radius 2 is 2.33 bits per heavy atom. The molecule has 0 fully saturated rings. The summed E-state index contributed by atoms with van der Waals surface area (Å²) in [6.07, 6.45) is 1.78. The van der Waals surface area contributed by atoms with Gasteiger partial charge in [0, 0.05) is 20.6 Å². The van der Waals surface area contributed by atoms with Crippen LogP contribution in [0.5, 0.6) is 0 Å². The maximum atomic E-state index is 11.6. The molecule has 0 radical (unpaired) electrons. The van der Waals surface area contributed by atoms with Gasteiger partial charge in [-0.15, -0.1) is 5.10 Å². The monoisotopic (exact) mass is 211 g/mol. The number of hydrogen-bond donors (Lipinski definition) is 1. The van der Waals surface area contributed by atoms with Crippen LogP contribution in [-0.2, 0) is 11.3 Å². The van der Waals surface area contributed by atoms with E-state index in [1.54, 1.807) is 36.8 Å². The number of carbonyl (C=O) groups is 1. The highest BCUT2D eigenvalue weighted by atomic mass is 16.2. The van der Waals surface area contributed by atoms with Gasteiger partial charge in [0.05, 0.1) is 11.9 Å². The number of hydrogen-bond acceptors (Lipinski definition) is 4. The van der Waals surface area contributed by atoms with Crippen molar-refractivity contribution in [2.24, 2.45) is 0 Å². The van der Waals surface area contributed by atoms with Gasteiger partial charge in [-0.1, -0.05) is 5.21 Å². The van der Waals surface area contributed by atoms with Gasteiger partial charge in [0.2, 0.25) is 5.91 Å². The van der Waals surface area contributed by atoms with Crippen molar-refractivity contribution >= 4 is 5.91 Å². The van der Waals surface area contributed by atoms with Gasteiger partial charge in [-0.25, -0.2) is 4.68 Å². The standard InChI is InChI=1S/C9H17N5O/c1-7(9(15)13(3)4)14-6-8(5-10-2)11-12-14/h6-7,10H,5H2,1-4H3. The van der Waals surface area contributed by atoms with Gasteiger partial charge >= 0.3 is 0 Å². The van der Waals surface area contributed by atoms with E-state index in [9.17, 15) is 4.79 Å². The predicted octanol–water partition coefficient (Wildman–Crippen LogP) is -0.353. The lowest BCUT2D eigenvalue weighted by atomic mass is 10.3. The second-order valence-corrected chi connectivity index (χ2v) is 3.63. The molecule has 1 atom stereocenters. The van der Waals surface area contributed by atoms with Crippen molar-refractivity contribution in [3.63, 3.8) is 0 Å². The summed E-state index contributed by atoms with van der Waals surface area (Å²) >= 11 is 0. The van der Waals surface area contributed by atoms with Crippen LogP contribution in [0.4, 0.5) is 0 Å². The second kappa shape index (κ2) is 4.88. The Morgan fingerprint density at radius 1 is 1.67 bits per heavy atom. The van der Waals surface area contributed by atoms with E-state index in [1.165, 1.54) is 0 Å². The molecule has 0 aliphatic heterocycles. The summed E-state index contributed by atoms with van der Waals surface area (Å²) in [4.78, 5) is 13.2. The molecule has 0 bridgehead atoms. The van der Waals surface area contributed by atoms with E-state index in [-0.39, 0.29) is 11.9 Å². The fourth-order valence-electron chi connectivity index (χ4n) is 1.25. The van der Waals surface area contributed by atoms with Crippen molar-refractivity contribution in [3.8, 4) is 0 Å². The third kappa shape index (κ3) is 2.76. The first-order valence-electron chi connectivity index (χ1n) is 4.82. The predicted molar refractivity (Wildman–Crippen MR) is 56.2 cm³/mol. The number of rotatable bonds is 4. The molecule has 1 heterocycles. The second-order valence-electron chi connectivity index (χ2n) is 3.63. The number of likely N-dealkylation sites (N-methyl/N-ethyl adjacent to an activating group) is 1. The molecule has 1 aromatic rings. The van der Waals surface area contributed by atoms with E-state index in [1.807, 2.05) is 7.05 Å². The minimum atomic E-state index is -0.307. The van der Waals surface area contributed by atoms with Crippen LogP contribution < -0.4 is 5.32 Å². The van der Waals surface area contributed by atoms with Gasteiger partial charge in [-0.3, -0.25) is 4.79 Å². The average Bonchev–Trinajstić information content (AvgIpc) is 2.64. The van der Waals surface area contributed by atoms with Crippen LogP contribution in [-0.4, -0.2) is 46.9 Å². The molecular weight excluding hydrogens is 194 g/mol. The highest BCUT2D eigenvalue weighted by Crippen LogP contribution is 2.06. The van der Waals surface area contributed by atoms with Crippen LogP contribution in [0.1, 0.15) is 18.7 Å². The number of nitrogens with zero attached hydrogens (tertiary/aromatic N) is 4. The van der Waals surface area contributed by atoms with Crippen LogP contribution in [0.2, 0.25) is 0 Å². The zero-order valence-corrected chi connectivity index (χ0v) is 9.56. The Bertz CT molecular complexity index is 333. The van der Waals surface area contributed by atoms with E-state index < -0.39 is 0 Å². The molecule has 6 nitrogen and oxygen atoms in total. The Morgan fingerprint density at radius 3 is 2.87 bits per heavy atom. The third-order valence-corrected chi connectivity index (χ3v) is 2.11. The Kier molecular flexibility index (Phi) is 3.79. The molecule has 15 heavy (non-hydrogen) atoms. The zero-order valence-electron chi connectivity index (χ0n) is 9.56. The minimum absolute atomic E-state index is 0.0101. The molecule has 0 aromatic carbocycles. The summed E-state index contributed by atoms with van der Waals surface area (Å²) in [5.74, 6) is 0.0101. The van der Waals surface area contributed by atoms with E-state index >= 15 is 0 Å². The molecule has 0 saturated carbocycles. The zero-order chi connectivity index (χ0) is 11.4. The van der Waals surface area contributed by atoms with Gasteiger partial charge in [-0.2, -0.15) is 0 Å². The van der Waals surface area contributed by atoms with Gasteiger partial charge in [0.25, 0.3) is 0 Å². The maximum absolute atomic E-state index is 11.6. The van der Waals surface area contributed by atoms with Crippen molar-refractivity contribution in [2.75, 3.05) is 21.1 Å². The molecule has 0 aliphatic rings. The minimum Gasteiger partial charge on any atom is -0.347 e. The first kappa shape index (κ1) is 11.6. The van der Waals surface area contributed by atoms with Gasteiger partial charge < -0.3 is 10.2 Å². The molecular formula is C9H17N5O. The summed E-state index contributed by atoms with van der Waals surface area (Å²) in [6, 6.07) is -0.307. The normalized spacial score (nSPS) is 12.5. The Labute approximate surface area is 89.3 Å². The topological polar surface area (TPSA) is 63.1 Å². The largest absolute Gasteiger partial charge is 0.347 e. The molecule has 0 aliphatic carbocycles. The summed E-state index contributed by atoms with van der Waals surface area (Å²) in [5.41, 5.74) is 0.830. The highest BCUT2D eigenvalue weighted by Gasteiger charge is 2.17. The quantitative estimate of drug-likeness (QED) is 0.739. The van der Waals surface area contributed by atoms with Crippen LogP contribution in [0.15, 0.2) is 6.20 Å². The van der Waals surface area contributed by atoms with E-state index in [0.29, 0.717) is 6.54 Å². The fraction of sp³-hybridized carbons (Fsp3) is 0.667. The van der Waals surface area contributed by atoms with E-state index in [2.05, 4.69) is 15.6 Å². The maximum Gasteiger partial charge on any atom is 0.246 e. The van der Waals surface area contributed by atoms with Crippen molar-refractivity contribution in [1.29, 1.82) is 0 Å². The van der Waals surface area contributed by atoms with Gasteiger partial charge in [0.1, 0.15) is 6.04 Å². The van der Waals surface area contributed by atoms with Crippen molar-refractivity contribution < 1.29 is 4.79 Å². The van der Waals surface area contributed by atoms with Crippen molar-refractivity contribution in [1.82, 2.24) is 25.2 Å². The van der Waals surface area contributed by atoms with Gasteiger partial charge in [-0.05, 0) is 14.0 Å². The molecule has 84 valence electrons. The lowest BCUT2D eigenvalue weighted by molar-refractivity contribution is -0.132. The first-order chi connectivity index (χ1) is 7.06. The van der Waals surface area contributed by atoms with Crippen LogP contribution in [0, 0.1) is 0 Å². The molecule has 0 spiro atoms. The Balaban J connectivity index is 2.73. The highest BCUT2D eigenvalue weighted by molar-refractivity contribution is 5.79. The molecule has 1 amide bonds. The molecule has 0 saturated heterocycles. The molecule has 1 rings (SSSR count). The summed E-state index contributed by atoms with van der Waals surface area (Å²) in [6.45, 7) is 2.46. The van der Waals surface area contributed by atoms with Crippen molar-refractivity contribution in [2.45, 2.75) is 19.5 Å². The number of amides is 1. The lowest BCUT2D eigenvalue weighted by Crippen LogP contribution is -2.30. The number of nitrogens with one attached hydrogen (secondary N) is 1. The number of aromatic nitrogens is 3. The molecule has 1 aromatic heterocycles. The summed E-state index contributed by atoms with van der Waals surface area (Å²) in [7, 11) is 5.29. The van der Waals surface area contributed by atoms with E-state index in [0.717, 1.165) is 5.69 Å². The molecule has 1 N–H and O–H groups in total. The van der Waals surface area contributed by atoms with Crippen LogP contribution in [0.3, 0.4) is 0 Å². The fourth-order valence-corrected chi connectivity index (χ4v) is 1.25. The van der Waals surface area contributed by atoms with E-state index in [4.69, 9.17) is 0 Å². The van der Waals surface area contributed by atoms with Gasteiger partial charge in [0.15, 0.2) is 0 Å².